The Morgan fingerprint density at radius 3 is 2.28 bits per heavy atom. The second-order valence-corrected chi connectivity index (χ2v) is 15.1. The number of fused-ring (bicyclic) bond motifs is 5. The Kier molecular flexibility index (Phi) is 6.80. The summed E-state index contributed by atoms with van der Waals surface area (Å²) in [5.74, 6) is 3.34. The van der Waals surface area contributed by atoms with Crippen LogP contribution in [0.5, 0.6) is 0 Å². The standard InChI is InChI=1S/C32H55N2O2/c1-23(35)36-30-29(34(4)19-9-6-10-20-34)21-28-26-14-12-24-11-13-25(33-17-7-5-8-18-33)22-32(24,3)27(26)15-16-31(28,30)2/h24-30H,5-22H2,1-4H3/q+1/t24?,25?,26-,27-,28+,29?,30?,31+,32+/m1/s1. The summed E-state index contributed by atoms with van der Waals surface area (Å²) in [7, 11) is 2.50. The Morgan fingerprint density at radius 1 is 0.861 bits per heavy atom. The molecule has 2 aliphatic heterocycles. The Bertz CT molecular complexity index is 817. The topological polar surface area (TPSA) is 29.5 Å². The number of likely N-dealkylation sites (tertiary alicyclic amines) is 2. The highest BCUT2D eigenvalue weighted by Gasteiger charge is 2.66. The van der Waals surface area contributed by atoms with Gasteiger partial charge in [-0.1, -0.05) is 20.3 Å². The van der Waals surface area contributed by atoms with E-state index < -0.39 is 0 Å². The lowest BCUT2D eigenvalue weighted by atomic mass is 9.45. The summed E-state index contributed by atoms with van der Waals surface area (Å²) < 4.78 is 7.51. The zero-order valence-electron chi connectivity index (χ0n) is 24.0. The molecule has 6 aliphatic rings. The van der Waals surface area contributed by atoms with Crippen LogP contribution in [0.25, 0.3) is 0 Å². The van der Waals surface area contributed by atoms with Crippen LogP contribution in [-0.2, 0) is 9.53 Å². The smallest absolute Gasteiger partial charge is 0.303 e. The summed E-state index contributed by atoms with van der Waals surface area (Å²) in [6.45, 7) is 12.2. The largest absolute Gasteiger partial charge is 0.456 e. The van der Waals surface area contributed by atoms with Crippen molar-refractivity contribution >= 4 is 5.97 Å². The van der Waals surface area contributed by atoms with Crippen molar-refractivity contribution < 1.29 is 14.0 Å². The molecule has 0 N–H and O–H groups in total. The summed E-state index contributed by atoms with van der Waals surface area (Å²) in [6.07, 6.45) is 19.6. The first kappa shape index (κ1) is 25.7. The molecular formula is C32H55N2O2+. The van der Waals surface area contributed by atoms with Crippen LogP contribution in [0.2, 0.25) is 0 Å². The Morgan fingerprint density at radius 2 is 1.56 bits per heavy atom. The van der Waals surface area contributed by atoms with Gasteiger partial charge >= 0.3 is 5.97 Å². The molecule has 6 fully saturated rings. The van der Waals surface area contributed by atoms with E-state index in [4.69, 9.17) is 4.74 Å². The highest BCUT2D eigenvalue weighted by Crippen LogP contribution is 2.67. The first-order valence-corrected chi connectivity index (χ1v) is 16.0. The fourth-order valence-electron chi connectivity index (χ4n) is 11.4. The number of nitrogens with zero attached hydrogens (tertiary/aromatic N) is 2. The fourth-order valence-corrected chi connectivity index (χ4v) is 11.4. The second-order valence-electron chi connectivity index (χ2n) is 15.1. The van der Waals surface area contributed by atoms with Crippen LogP contribution in [0.3, 0.4) is 0 Å². The fraction of sp³-hybridized carbons (Fsp3) is 0.969. The predicted octanol–water partition coefficient (Wildman–Crippen LogP) is 6.42. The molecule has 0 bridgehead atoms. The van der Waals surface area contributed by atoms with Crippen LogP contribution >= 0.6 is 0 Å². The van der Waals surface area contributed by atoms with Gasteiger partial charge in [0.2, 0.25) is 0 Å². The van der Waals surface area contributed by atoms with E-state index in [0.29, 0.717) is 11.5 Å². The maximum absolute atomic E-state index is 12.4. The SMILES string of the molecule is CC(=O)OC1C([N+]2(C)CCCCC2)C[C@H]2[C@@H]3CCC4CCC(N5CCCCC5)C[C@]4(C)[C@@H]3CC[C@]12C. The van der Waals surface area contributed by atoms with E-state index in [9.17, 15) is 4.79 Å². The van der Waals surface area contributed by atoms with E-state index in [-0.39, 0.29) is 17.5 Å². The number of hydrogen-bond donors (Lipinski definition) is 0. The first-order chi connectivity index (χ1) is 17.2. The molecule has 4 nitrogen and oxygen atoms in total. The first-order valence-electron chi connectivity index (χ1n) is 16.0. The molecule has 4 saturated carbocycles. The van der Waals surface area contributed by atoms with Gasteiger partial charge in [0.05, 0.1) is 20.1 Å². The lowest BCUT2D eigenvalue weighted by Gasteiger charge is -2.61. The maximum atomic E-state index is 12.4. The second kappa shape index (κ2) is 9.54. The molecule has 4 aliphatic carbocycles. The Labute approximate surface area is 221 Å². The molecule has 0 amide bonds. The van der Waals surface area contributed by atoms with Crippen molar-refractivity contribution in [3.8, 4) is 0 Å². The number of hydrogen-bond acceptors (Lipinski definition) is 3. The molecule has 4 heteroatoms. The van der Waals surface area contributed by atoms with Gasteiger partial charge in [-0.3, -0.25) is 4.79 Å². The van der Waals surface area contributed by atoms with Crippen LogP contribution in [0.15, 0.2) is 0 Å². The highest BCUT2D eigenvalue weighted by atomic mass is 16.5. The minimum Gasteiger partial charge on any atom is -0.456 e. The zero-order chi connectivity index (χ0) is 25.1. The van der Waals surface area contributed by atoms with Crippen LogP contribution in [-0.4, -0.2) is 66.8 Å². The summed E-state index contributed by atoms with van der Waals surface area (Å²) in [4.78, 5) is 15.3. The van der Waals surface area contributed by atoms with Crippen molar-refractivity contribution in [2.24, 2.45) is 34.5 Å². The van der Waals surface area contributed by atoms with Gasteiger partial charge in [-0.25, -0.2) is 0 Å². The average molecular weight is 500 g/mol. The lowest BCUT2D eigenvalue weighted by molar-refractivity contribution is -0.940. The molecule has 204 valence electrons. The van der Waals surface area contributed by atoms with E-state index in [1.807, 2.05) is 0 Å². The average Bonchev–Trinajstić information content (AvgIpc) is 3.17. The molecule has 2 heterocycles. The third-order valence-electron chi connectivity index (χ3n) is 13.4. The van der Waals surface area contributed by atoms with E-state index in [2.05, 4.69) is 25.8 Å². The van der Waals surface area contributed by atoms with Crippen molar-refractivity contribution in [3.05, 3.63) is 0 Å². The van der Waals surface area contributed by atoms with Gasteiger partial charge < -0.3 is 14.1 Å². The number of piperidine rings is 2. The van der Waals surface area contributed by atoms with Gasteiger partial charge in [0.15, 0.2) is 6.10 Å². The molecule has 0 aromatic carbocycles. The van der Waals surface area contributed by atoms with E-state index in [1.165, 1.54) is 116 Å². The summed E-state index contributed by atoms with van der Waals surface area (Å²) in [6, 6.07) is 1.34. The molecule has 36 heavy (non-hydrogen) atoms. The van der Waals surface area contributed by atoms with Gasteiger partial charge in [-0.2, -0.15) is 0 Å². The molecule has 0 radical (unpaired) electrons. The van der Waals surface area contributed by atoms with Crippen LogP contribution < -0.4 is 0 Å². The monoisotopic (exact) mass is 499 g/mol. The molecule has 0 aromatic heterocycles. The lowest BCUT2D eigenvalue weighted by Crippen LogP contribution is -2.60. The zero-order valence-corrected chi connectivity index (χ0v) is 24.0. The minimum absolute atomic E-state index is 0.0510. The third kappa shape index (κ3) is 4.10. The minimum atomic E-state index is -0.0510. The van der Waals surface area contributed by atoms with Crippen molar-refractivity contribution in [2.45, 2.75) is 129 Å². The van der Waals surface area contributed by atoms with Crippen molar-refractivity contribution in [1.29, 1.82) is 0 Å². The summed E-state index contributed by atoms with van der Waals surface area (Å²) in [5.41, 5.74) is 0.684. The van der Waals surface area contributed by atoms with Crippen molar-refractivity contribution in [3.63, 3.8) is 0 Å². The third-order valence-corrected chi connectivity index (χ3v) is 13.4. The van der Waals surface area contributed by atoms with E-state index in [1.54, 1.807) is 6.92 Å². The molecule has 0 aromatic rings. The molecule has 4 unspecified atom stereocenters. The van der Waals surface area contributed by atoms with Crippen LogP contribution in [0.1, 0.15) is 111 Å². The van der Waals surface area contributed by atoms with Crippen molar-refractivity contribution in [1.82, 2.24) is 4.90 Å². The normalized spacial score (nSPS) is 48.9. The highest BCUT2D eigenvalue weighted by molar-refractivity contribution is 5.66. The predicted molar refractivity (Wildman–Crippen MR) is 145 cm³/mol. The summed E-state index contributed by atoms with van der Waals surface area (Å²) in [5, 5.41) is 0. The quantitative estimate of drug-likeness (QED) is 0.331. The molecule has 2 saturated heterocycles. The summed E-state index contributed by atoms with van der Waals surface area (Å²) >= 11 is 0. The van der Waals surface area contributed by atoms with Crippen LogP contribution in [0.4, 0.5) is 0 Å². The molecule has 0 spiro atoms. The van der Waals surface area contributed by atoms with Crippen molar-refractivity contribution in [2.75, 3.05) is 33.2 Å². The number of ether oxygens (including phenoxy) is 1. The number of carbonyl (C=O) groups is 1. The number of rotatable bonds is 3. The number of carbonyl (C=O) groups excluding carboxylic acids is 1. The van der Waals surface area contributed by atoms with E-state index in [0.717, 1.165) is 34.2 Å². The Hall–Kier alpha value is -0.610. The molecular weight excluding hydrogens is 444 g/mol. The number of quaternary nitrogens is 1. The van der Waals surface area contributed by atoms with Crippen LogP contribution in [0, 0.1) is 34.5 Å². The Balaban J connectivity index is 1.27. The van der Waals surface area contributed by atoms with Gasteiger partial charge in [-0.15, -0.1) is 0 Å². The van der Waals surface area contributed by atoms with E-state index >= 15 is 0 Å². The maximum Gasteiger partial charge on any atom is 0.303 e. The van der Waals surface area contributed by atoms with Gasteiger partial charge in [-0.05, 0) is 119 Å². The molecule has 9 atom stereocenters. The van der Waals surface area contributed by atoms with Gasteiger partial charge in [0.1, 0.15) is 6.04 Å². The van der Waals surface area contributed by atoms with Gasteiger partial charge in [0.25, 0.3) is 0 Å². The van der Waals surface area contributed by atoms with Gasteiger partial charge in [0, 0.05) is 24.8 Å². The number of esters is 1. The molecule has 6 rings (SSSR count). The number of likely N-dealkylation sites (N-methyl/N-ethyl adjacent to an activating group) is 1.